The van der Waals surface area contributed by atoms with Gasteiger partial charge in [-0.2, -0.15) is 8.42 Å². The van der Waals surface area contributed by atoms with Gasteiger partial charge in [0.25, 0.3) is 15.7 Å². The third kappa shape index (κ3) is 2.81. The van der Waals surface area contributed by atoms with Crippen LogP contribution in [-0.4, -0.2) is 25.8 Å². The van der Waals surface area contributed by atoms with E-state index >= 15 is 0 Å². The highest BCUT2D eigenvalue weighted by Crippen LogP contribution is 2.32. The van der Waals surface area contributed by atoms with Crippen LogP contribution < -0.4 is 10.1 Å². The summed E-state index contributed by atoms with van der Waals surface area (Å²) in [5.74, 6) is 0.655. The summed E-state index contributed by atoms with van der Waals surface area (Å²) in [5.41, 5.74) is 0.537. The molecule has 9 heteroatoms. The minimum absolute atomic E-state index is 0.104. The van der Waals surface area contributed by atoms with Crippen molar-refractivity contribution in [1.82, 2.24) is 0 Å². The molecule has 0 spiro atoms. The molecule has 24 heavy (non-hydrogen) atoms. The Labute approximate surface area is 138 Å². The number of non-ortho nitro benzene ring substituents is 1. The van der Waals surface area contributed by atoms with E-state index in [2.05, 4.69) is 9.71 Å². The fraction of sp³-hybridized carbons (Fsp3) is 0.133. The van der Waals surface area contributed by atoms with Crippen molar-refractivity contribution in [3.8, 4) is 5.75 Å². The molecule has 0 radical (unpaired) electrons. The third-order valence-corrected chi connectivity index (χ3v) is 4.68. The molecule has 0 atom stereocenters. The van der Waals surface area contributed by atoms with Crippen LogP contribution in [-0.2, 0) is 10.0 Å². The lowest BCUT2D eigenvalue weighted by Crippen LogP contribution is -2.12. The Morgan fingerprint density at radius 1 is 1.25 bits per heavy atom. The van der Waals surface area contributed by atoms with E-state index in [-0.39, 0.29) is 22.0 Å². The highest BCUT2D eigenvalue weighted by atomic mass is 32.2. The Kier molecular flexibility index (Phi) is 3.94. The van der Waals surface area contributed by atoms with Crippen molar-refractivity contribution in [3.63, 3.8) is 0 Å². The normalized spacial score (nSPS) is 14.6. The zero-order valence-corrected chi connectivity index (χ0v) is 13.4. The maximum absolute atomic E-state index is 12.2. The number of rotatable bonds is 4. The van der Waals surface area contributed by atoms with Gasteiger partial charge in [-0.3, -0.25) is 10.1 Å². The predicted octanol–water partition coefficient (Wildman–Crippen LogP) is 2.55. The second-order valence-electron chi connectivity index (χ2n) is 4.91. The molecule has 0 aromatic heterocycles. The van der Waals surface area contributed by atoms with Crippen LogP contribution in [0.3, 0.4) is 0 Å². The topological polar surface area (TPSA) is 111 Å². The molecule has 1 aliphatic rings. The van der Waals surface area contributed by atoms with E-state index in [1.165, 1.54) is 12.1 Å². The Morgan fingerprint density at radius 2 is 2.00 bits per heavy atom. The number of hydrogen-bond acceptors (Lipinski definition) is 6. The molecule has 8 nitrogen and oxygen atoms in total. The predicted molar refractivity (Wildman–Crippen MR) is 88.1 cm³/mol. The van der Waals surface area contributed by atoms with Crippen LogP contribution in [0.1, 0.15) is 12.5 Å². The summed E-state index contributed by atoms with van der Waals surface area (Å²) in [7, 11) is -3.98. The van der Waals surface area contributed by atoms with E-state index in [1.807, 2.05) is 6.92 Å². The van der Waals surface area contributed by atoms with Crippen LogP contribution in [0.15, 0.2) is 51.8 Å². The Morgan fingerprint density at radius 3 is 2.71 bits per heavy atom. The van der Waals surface area contributed by atoms with Crippen molar-refractivity contribution in [2.24, 2.45) is 4.40 Å². The molecule has 2 aromatic carbocycles. The van der Waals surface area contributed by atoms with Gasteiger partial charge in [-0.05, 0) is 25.1 Å². The number of ether oxygens (including phenoxy) is 1. The molecule has 1 N–H and O–H groups in total. The minimum Gasteiger partial charge on any atom is -0.492 e. The SMILES string of the molecule is CCOc1ccccc1NC1=NS(=O)(=O)c2cc([N+](=O)[O-])ccc21. The number of nitro groups is 1. The molecule has 124 valence electrons. The summed E-state index contributed by atoms with van der Waals surface area (Å²) in [6.45, 7) is 2.29. The number of benzene rings is 2. The van der Waals surface area contributed by atoms with Crippen LogP contribution in [0.25, 0.3) is 0 Å². The van der Waals surface area contributed by atoms with Crippen LogP contribution in [0.4, 0.5) is 11.4 Å². The summed E-state index contributed by atoms with van der Waals surface area (Å²) in [6.07, 6.45) is 0. The van der Waals surface area contributed by atoms with Gasteiger partial charge in [0.05, 0.1) is 17.2 Å². The first-order valence-corrected chi connectivity index (χ1v) is 8.49. The fourth-order valence-electron chi connectivity index (χ4n) is 2.32. The van der Waals surface area contributed by atoms with Crippen LogP contribution in [0.5, 0.6) is 5.75 Å². The average Bonchev–Trinajstić information content (AvgIpc) is 2.80. The summed E-state index contributed by atoms with van der Waals surface area (Å²) in [4.78, 5) is 10.0. The molecular weight excluding hydrogens is 334 g/mol. The summed E-state index contributed by atoms with van der Waals surface area (Å²) < 4.78 is 33.5. The van der Waals surface area contributed by atoms with Crippen LogP contribution in [0, 0.1) is 10.1 Å². The van der Waals surface area contributed by atoms with E-state index in [0.29, 0.717) is 18.0 Å². The number of para-hydroxylation sites is 2. The Hall–Kier alpha value is -2.94. The lowest BCUT2D eigenvalue weighted by Gasteiger charge is -2.12. The quantitative estimate of drug-likeness (QED) is 0.672. The number of anilines is 1. The van der Waals surface area contributed by atoms with Gasteiger partial charge in [-0.25, -0.2) is 0 Å². The van der Waals surface area contributed by atoms with Crippen molar-refractivity contribution in [2.75, 3.05) is 11.9 Å². The van der Waals surface area contributed by atoms with E-state index in [0.717, 1.165) is 6.07 Å². The number of fused-ring (bicyclic) bond motifs is 1. The summed E-state index contributed by atoms with van der Waals surface area (Å²) in [6, 6.07) is 10.7. The first-order chi connectivity index (χ1) is 11.4. The average molecular weight is 347 g/mol. The maximum Gasteiger partial charge on any atom is 0.285 e. The highest BCUT2D eigenvalue weighted by molar-refractivity contribution is 7.90. The molecule has 3 rings (SSSR count). The fourth-order valence-corrected chi connectivity index (χ4v) is 3.52. The number of nitrogens with one attached hydrogen (secondary N) is 1. The Bertz CT molecular complexity index is 953. The second kappa shape index (κ2) is 5.93. The van der Waals surface area contributed by atoms with Gasteiger partial charge in [-0.1, -0.05) is 12.1 Å². The standard InChI is InChI=1S/C15H13N3O5S/c1-2-23-13-6-4-3-5-12(13)16-15-11-8-7-10(18(19)20)9-14(11)24(21,22)17-15/h3-9H,2H2,1H3,(H,16,17). The molecule has 0 unspecified atom stereocenters. The van der Waals surface area contributed by atoms with Crippen molar-refractivity contribution in [1.29, 1.82) is 0 Å². The third-order valence-electron chi connectivity index (χ3n) is 3.36. The first kappa shape index (κ1) is 15.9. The molecule has 0 fully saturated rings. The van der Waals surface area contributed by atoms with Crippen molar-refractivity contribution in [2.45, 2.75) is 11.8 Å². The second-order valence-corrected chi connectivity index (χ2v) is 6.48. The number of hydrogen-bond donors (Lipinski definition) is 1. The van der Waals surface area contributed by atoms with Gasteiger partial charge in [0.15, 0.2) is 5.84 Å². The van der Waals surface area contributed by atoms with Crippen LogP contribution >= 0.6 is 0 Å². The lowest BCUT2D eigenvalue weighted by atomic mass is 10.1. The molecule has 0 aliphatic carbocycles. The Balaban J connectivity index is 2.02. The number of nitro benzene ring substituents is 1. The van der Waals surface area contributed by atoms with Gasteiger partial charge in [0.2, 0.25) is 0 Å². The molecule has 0 bridgehead atoms. The van der Waals surface area contributed by atoms with Gasteiger partial charge < -0.3 is 10.1 Å². The number of sulfonamides is 1. The molecule has 0 amide bonds. The first-order valence-electron chi connectivity index (χ1n) is 7.05. The van der Waals surface area contributed by atoms with Crippen molar-refractivity contribution < 1.29 is 18.1 Å². The molecular formula is C15H13N3O5S. The summed E-state index contributed by atoms with van der Waals surface area (Å²) in [5, 5.41) is 13.8. The minimum atomic E-state index is -3.98. The van der Waals surface area contributed by atoms with Crippen molar-refractivity contribution in [3.05, 3.63) is 58.1 Å². The molecule has 1 aliphatic heterocycles. The summed E-state index contributed by atoms with van der Waals surface area (Å²) >= 11 is 0. The molecule has 1 heterocycles. The van der Waals surface area contributed by atoms with Gasteiger partial charge in [0.1, 0.15) is 10.6 Å². The molecule has 2 aromatic rings. The molecule has 0 saturated carbocycles. The zero-order chi connectivity index (χ0) is 17.3. The smallest absolute Gasteiger partial charge is 0.285 e. The van der Waals surface area contributed by atoms with E-state index in [9.17, 15) is 18.5 Å². The lowest BCUT2D eigenvalue weighted by molar-refractivity contribution is -0.385. The van der Waals surface area contributed by atoms with E-state index in [4.69, 9.17) is 4.74 Å². The van der Waals surface area contributed by atoms with Gasteiger partial charge in [0, 0.05) is 17.7 Å². The molecule has 0 saturated heterocycles. The largest absolute Gasteiger partial charge is 0.492 e. The van der Waals surface area contributed by atoms with Crippen LogP contribution in [0.2, 0.25) is 0 Å². The van der Waals surface area contributed by atoms with E-state index < -0.39 is 14.9 Å². The highest BCUT2D eigenvalue weighted by Gasteiger charge is 2.31. The van der Waals surface area contributed by atoms with E-state index in [1.54, 1.807) is 24.3 Å². The maximum atomic E-state index is 12.2. The zero-order valence-electron chi connectivity index (χ0n) is 12.6. The number of amidine groups is 1. The van der Waals surface area contributed by atoms with Gasteiger partial charge >= 0.3 is 0 Å². The monoisotopic (exact) mass is 347 g/mol. The van der Waals surface area contributed by atoms with Gasteiger partial charge in [-0.15, -0.1) is 4.40 Å². The number of nitrogens with zero attached hydrogens (tertiary/aromatic N) is 2. The van der Waals surface area contributed by atoms with Crippen molar-refractivity contribution >= 4 is 27.2 Å².